The molecular weight excluding hydrogens is 314 g/mol. The van der Waals surface area contributed by atoms with Gasteiger partial charge in [0.2, 0.25) is 5.91 Å². The highest BCUT2D eigenvalue weighted by atomic mass is 32.2. The summed E-state index contributed by atoms with van der Waals surface area (Å²) in [6.45, 7) is 5.34. The molecule has 6 heteroatoms. The van der Waals surface area contributed by atoms with E-state index in [1.807, 2.05) is 24.8 Å². The van der Waals surface area contributed by atoms with Gasteiger partial charge in [-0.3, -0.25) is 4.79 Å². The van der Waals surface area contributed by atoms with Crippen LogP contribution in [0, 0.1) is 11.8 Å². The molecule has 0 unspecified atom stereocenters. The first-order valence-corrected chi connectivity index (χ1v) is 9.81. The highest BCUT2D eigenvalue weighted by molar-refractivity contribution is 7.86. The smallest absolute Gasteiger partial charge is 0.306 e. The van der Waals surface area contributed by atoms with E-state index < -0.39 is 10.1 Å². The molecule has 1 saturated carbocycles. The van der Waals surface area contributed by atoms with E-state index in [1.165, 1.54) is 12.8 Å². The fraction of sp³-hybridized carbons (Fsp3) is 0.588. The summed E-state index contributed by atoms with van der Waals surface area (Å²) >= 11 is 0. The van der Waals surface area contributed by atoms with Crippen LogP contribution in [-0.4, -0.2) is 32.0 Å². The minimum atomic E-state index is -3.54. The molecule has 0 aromatic heterocycles. The molecule has 1 amide bonds. The molecular formula is C17H25NO4S. The Bertz CT molecular complexity index is 650. The van der Waals surface area contributed by atoms with Gasteiger partial charge in [0.25, 0.3) is 0 Å². The van der Waals surface area contributed by atoms with Gasteiger partial charge in [0.15, 0.2) is 0 Å². The lowest BCUT2D eigenvalue weighted by atomic mass is 10.1. The van der Waals surface area contributed by atoms with Gasteiger partial charge in [0.1, 0.15) is 5.75 Å². The van der Waals surface area contributed by atoms with Gasteiger partial charge in [-0.2, -0.15) is 8.42 Å². The monoisotopic (exact) mass is 339 g/mol. The van der Waals surface area contributed by atoms with Crippen LogP contribution in [0.1, 0.15) is 38.7 Å². The summed E-state index contributed by atoms with van der Waals surface area (Å²) in [6, 6.07) is 6.92. The lowest BCUT2D eigenvalue weighted by Crippen LogP contribution is -2.33. The molecule has 1 aliphatic rings. The summed E-state index contributed by atoms with van der Waals surface area (Å²) in [5, 5.41) is 0. The van der Waals surface area contributed by atoms with Crippen molar-refractivity contribution in [2.45, 2.75) is 39.7 Å². The maximum Gasteiger partial charge on any atom is 0.306 e. The van der Waals surface area contributed by atoms with Crippen LogP contribution in [0.4, 0.5) is 0 Å². The van der Waals surface area contributed by atoms with Gasteiger partial charge in [0, 0.05) is 19.5 Å². The van der Waals surface area contributed by atoms with Crippen LogP contribution < -0.4 is 4.18 Å². The van der Waals surface area contributed by atoms with E-state index in [4.69, 9.17) is 4.18 Å². The topological polar surface area (TPSA) is 63.7 Å². The molecule has 23 heavy (non-hydrogen) atoms. The summed E-state index contributed by atoms with van der Waals surface area (Å²) in [4.78, 5) is 14.3. The van der Waals surface area contributed by atoms with Crippen molar-refractivity contribution in [2.75, 3.05) is 12.8 Å². The Balaban J connectivity index is 2.08. The zero-order valence-corrected chi connectivity index (χ0v) is 14.8. The largest absolute Gasteiger partial charge is 0.383 e. The number of amides is 1. The van der Waals surface area contributed by atoms with Gasteiger partial charge in [-0.05, 0) is 42.4 Å². The number of nitrogens with zero attached hydrogens (tertiary/aromatic N) is 1. The third-order valence-corrected chi connectivity index (χ3v) is 4.13. The second kappa shape index (κ2) is 7.34. The Labute approximate surface area is 138 Å². The maximum absolute atomic E-state index is 12.4. The highest BCUT2D eigenvalue weighted by Gasteiger charge is 2.27. The first kappa shape index (κ1) is 17.8. The van der Waals surface area contributed by atoms with Gasteiger partial charge in [-0.25, -0.2) is 0 Å². The third kappa shape index (κ3) is 6.60. The molecule has 0 N–H and O–H groups in total. The molecule has 0 spiro atoms. The van der Waals surface area contributed by atoms with Crippen molar-refractivity contribution in [2.24, 2.45) is 11.8 Å². The predicted molar refractivity (Wildman–Crippen MR) is 89.5 cm³/mol. The van der Waals surface area contributed by atoms with E-state index in [-0.39, 0.29) is 11.7 Å². The van der Waals surface area contributed by atoms with Crippen molar-refractivity contribution in [3.8, 4) is 5.75 Å². The van der Waals surface area contributed by atoms with Gasteiger partial charge >= 0.3 is 10.1 Å². The molecule has 0 aliphatic heterocycles. The number of hydrogen-bond donors (Lipinski definition) is 0. The molecule has 1 aromatic carbocycles. The second-order valence-corrected chi connectivity index (χ2v) is 8.33. The molecule has 0 radical (unpaired) electrons. The summed E-state index contributed by atoms with van der Waals surface area (Å²) in [6.07, 6.45) is 3.92. The standard InChI is InChI=1S/C17H25NO4S/c1-13(2)9-17(19)18(11-14-7-8-14)12-15-5-4-6-16(10-15)22-23(3,20)21/h4-6,10,13-14H,7-9,11-12H2,1-3H3. The summed E-state index contributed by atoms with van der Waals surface area (Å²) in [5.41, 5.74) is 0.879. The molecule has 0 bridgehead atoms. The van der Waals surface area contributed by atoms with E-state index in [2.05, 4.69) is 0 Å². The van der Waals surface area contributed by atoms with Crippen molar-refractivity contribution in [3.05, 3.63) is 29.8 Å². The van der Waals surface area contributed by atoms with Crippen LogP contribution in [0.2, 0.25) is 0 Å². The zero-order valence-electron chi connectivity index (χ0n) is 14.0. The van der Waals surface area contributed by atoms with E-state index >= 15 is 0 Å². The molecule has 2 rings (SSSR count). The SMILES string of the molecule is CC(C)CC(=O)N(Cc1cccc(OS(C)(=O)=O)c1)CC1CC1. The van der Waals surface area contributed by atoms with E-state index in [1.54, 1.807) is 18.2 Å². The minimum Gasteiger partial charge on any atom is -0.383 e. The van der Waals surface area contributed by atoms with Crippen molar-refractivity contribution in [1.82, 2.24) is 4.90 Å². The Kier molecular flexibility index (Phi) is 5.68. The van der Waals surface area contributed by atoms with Gasteiger partial charge < -0.3 is 9.08 Å². The molecule has 128 valence electrons. The van der Waals surface area contributed by atoms with Crippen LogP contribution in [0.3, 0.4) is 0 Å². The summed E-state index contributed by atoms with van der Waals surface area (Å²) < 4.78 is 27.4. The summed E-state index contributed by atoms with van der Waals surface area (Å²) in [7, 11) is -3.54. The predicted octanol–water partition coefficient (Wildman–Crippen LogP) is 2.81. The van der Waals surface area contributed by atoms with Crippen molar-refractivity contribution in [3.63, 3.8) is 0 Å². The minimum absolute atomic E-state index is 0.154. The Hall–Kier alpha value is -1.56. The zero-order chi connectivity index (χ0) is 17.0. The molecule has 1 aliphatic carbocycles. The number of rotatable bonds is 8. The van der Waals surface area contributed by atoms with Gasteiger partial charge in [0.05, 0.1) is 6.26 Å². The van der Waals surface area contributed by atoms with Crippen LogP contribution in [0.15, 0.2) is 24.3 Å². The number of carbonyl (C=O) groups excluding carboxylic acids is 1. The average Bonchev–Trinajstić information content (AvgIpc) is 3.19. The Morgan fingerprint density at radius 3 is 2.61 bits per heavy atom. The van der Waals surface area contributed by atoms with Crippen LogP contribution in [-0.2, 0) is 21.5 Å². The van der Waals surface area contributed by atoms with Crippen LogP contribution >= 0.6 is 0 Å². The third-order valence-electron chi connectivity index (χ3n) is 3.63. The lowest BCUT2D eigenvalue weighted by molar-refractivity contribution is -0.132. The van der Waals surface area contributed by atoms with Crippen molar-refractivity contribution >= 4 is 16.0 Å². The summed E-state index contributed by atoms with van der Waals surface area (Å²) in [5.74, 6) is 1.37. The maximum atomic E-state index is 12.4. The van der Waals surface area contributed by atoms with E-state index in [9.17, 15) is 13.2 Å². The van der Waals surface area contributed by atoms with Crippen molar-refractivity contribution in [1.29, 1.82) is 0 Å². The first-order valence-electron chi connectivity index (χ1n) is 7.99. The number of carbonyl (C=O) groups is 1. The molecule has 1 aromatic rings. The highest BCUT2D eigenvalue weighted by Crippen LogP contribution is 2.30. The Morgan fingerprint density at radius 2 is 2.04 bits per heavy atom. The fourth-order valence-corrected chi connectivity index (χ4v) is 2.89. The van der Waals surface area contributed by atoms with Crippen LogP contribution in [0.25, 0.3) is 0 Å². The molecule has 0 saturated heterocycles. The van der Waals surface area contributed by atoms with Gasteiger partial charge in [-0.15, -0.1) is 0 Å². The molecule has 1 fully saturated rings. The average molecular weight is 339 g/mol. The molecule has 0 atom stereocenters. The lowest BCUT2D eigenvalue weighted by Gasteiger charge is -2.24. The first-order chi connectivity index (χ1) is 10.7. The second-order valence-electron chi connectivity index (χ2n) is 6.75. The fourth-order valence-electron chi connectivity index (χ4n) is 2.44. The number of hydrogen-bond acceptors (Lipinski definition) is 4. The number of benzene rings is 1. The van der Waals surface area contributed by atoms with E-state index in [0.717, 1.165) is 18.4 Å². The molecule has 0 heterocycles. The quantitative estimate of drug-likeness (QED) is 0.683. The normalized spacial score (nSPS) is 14.8. The van der Waals surface area contributed by atoms with Gasteiger partial charge in [-0.1, -0.05) is 26.0 Å². The molecule has 5 nitrogen and oxygen atoms in total. The van der Waals surface area contributed by atoms with Crippen LogP contribution in [0.5, 0.6) is 5.75 Å². The Morgan fingerprint density at radius 1 is 1.35 bits per heavy atom. The van der Waals surface area contributed by atoms with E-state index in [0.29, 0.717) is 24.8 Å². The van der Waals surface area contributed by atoms with Crippen molar-refractivity contribution < 1.29 is 17.4 Å².